The molecule has 0 aromatic carbocycles. The Kier molecular flexibility index (Phi) is 6.65. The number of hydrogen-bond donors (Lipinski definition) is 2. The van der Waals surface area contributed by atoms with E-state index in [0.717, 1.165) is 28.4 Å². The molecule has 0 amide bonds. The topological polar surface area (TPSA) is 83.3 Å². The van der Waals surface area contributed by atoms with Gasteiger partial charge in [0.05, 0.1) is 18.8 Å². The molecule has 0 atom stereocenters. The molecular formula is C18H30N8S. The summed E-state index contributed by atoms with van der Waals surface area (Å²) in [5.41, 5.74) is 0.989. The second kappa shape index (κ2) is 9.16. The predicted molar refractivity (Wildman–Crippen MR) is 110 cm³/mol. The van der Waals surface area contributed by atoms with Crippen LogP contribution in [-0.2, 0) is 20.1 Å². The summed E-state index contributed by atoms with van der Waals surface area (Å²) >= 11 is 1.64. The van der Waals surface area contributed by atoms with Crippen molar-refractivity contribution < 1.29 is 0 Å². The van der Waals surface area contributed by atoms with Crippen molar-refractivity contribution in [1.82, 2.24) is 30.4 Å². The lowest BCUT2D eigenvalue weighted by Crippen LogP contribution is -2.44. The summed E-state index contributed by atoms with van der Waals surface area (Å²) in [5.74, 6) is 2.63. The first-order valence-electron chi connectivity index (χ1n) is 9.54. The van der Waals surface area contributed by atoms with E-state index in [1.807, 2.05) is 37.5 Å². The van der Waals surface area contributed by atoms with Crippen molar-refractivity contribution in [3.05, 3.63) is 22.7 Å². The first-order chi connectivity index (χ1) is 13.0. The van der Waals surface area contributed by atoms with Crippen LogP contribution in [0.2, 0.25) is 0 Å². The van der Waals surface area contributed by atoms with Crippen LogP contribution in [0.1, 0.15) is 49.4 Å². The lowest BCUT2D eigenvalue weighted by molar-refractivity contribution is 0.409. The van der Waals surface area contributed by atoms with Crippen molar-refractivity contribution in [3.8, 4) is 0 Å². The van der Waals surface area contributed by atoms with Gasteiger partial charge < -0.3 is 20.1 Å². The van der Waals surface area contributed by atoms with E-state index in [1.165, 1.54) is 32.1 Å². The molecule has 8 nitrogen and oxygen atoms in total. The maximum absolute atomic E-state index is 4.77. The molecule has 2 heterocycles. The quantitative estimate of drug-likeness (QED) is 0.581. The summed E-state index contributed by atoms with van der Waals surface area (Å²) in [5, 5.41) is 18.4. The minimum Gasteiger partial charge on any atom is -0.354 e. The average Bonchev–Trinajstić information content (AvgIpc) is 3.26. The fourth-order valence-electron chi connectivity index (χ4n) is 3.09. The molecule has 0 radical (unpaired) electrons. The van der Waals surface area contributed by atoms with Gasteiger partial charge in [-0.25, -0.2) is 9.98 Å². The number of rotatable bonds is 6. The molecule has 1 aliphatic carbocycles. The molecule has 0 unspecified atom stereocenters. The largest absolute Gasteiger partial charge is 0.354 e. The van der Waals surface area contributed by atoms with E-state index in [-0.39, 0.29) is 0 Å². The molecule has 3 rings (SSSR count). The van der Waals surface area contributed by atoms with Gasteiger partial charge in [-0.15, -0.1) is 21.5 Å². The molecule has 0 spiro atoms. The SMILES string of the molecule is Cc1nnc(CNC(=NCc2csc(N(C)C)n2)NC2CCCCC2)n1C. The van der Waals surface area contributed by atoms with Gasteiger partial charge in [0.25, 0.3) is 0 Å². The van der Waals surface area contributed by atoms with Gasteiger partial charge in [-0.3, -0.25) is 0 Å². The zero-order chi connectivity index (χ0) is 19.2. The zero-order valence-electron chi connectivity index (χ0n) is 16.7. The minimum absolute atomic E-state index is 0.485. The van der Waals surface area contributed by atoms with Crippen LogP contribution in [-0.4, -0.2) is 45.8 Å². The second-order valence-corrected chi connectivity index (χ2v) is 8.07. The predicted octanol–water partition coefficient (Wildman–Crippen LogP) is 2.21. The summed E-state index contributed by atoms with van der Waals surface area (Å²) < 4.78 is 2.00. The molecule has 9 heteroatoms. The maximum Gasteiger partial charge on any atom is 0.192 e. The molecule has 1 saturated carbocycles. The number of guanidine groups is 1. The van der Waals surface area contributed by atoms with Crippen LogP contribution in [0.3, 0.4) is 0 Å². The van der Waals surface area contributed by atoms with Crippen LogP contribution in [0.5, 0.6) is 0 Å². The highest BCUT2D eigenvalue weighted by molar-refractivity contribution is 7.13. The Morgan fingerprint density at radius 1 is 1.30 bits per heavy atom. The Labute approximate surface area is 165 Å². The third kappa shape index (κ3) is 5.41. The highest BCUT2D eigenvalue weighted by atomic mass is 32.1. The number of anilines is 1. The van der Waals surface area contributed by atoms with Crippen LogP contribution < -0.4 is 15.5 Å². The lowest BCUT2D eigenvalue weighted by Gasteiger charge is -2.25. The number of aliphatic imine (C=N–C) groups is 1. The van der Waals surface area contributed by atoms with Crippen LogP contribution in [0.15, 0.2) is 10.4 Å². The summed E-state index contributed by atoms with van der Waals surface area (Å²) in [6.45, 7) is 3.11. The minimum atomic E-state index is 0.485. The number of hydrogen-bond acceptors (Lipinski definition) is 6. The Morgan fingerprint density at radius 3 is 2.70 bits per heavy atom. The van der Waals surface area contributed by atoms with Gasteiger partial charge in [0.2, 0.25) is 0 Å². The molecular weight excluding hydrogens is 360 g/mol. The molecule has 1 aliphatic rings. The molecule has 2 aromatic rings. The molecule has 0 bridgehead atoms. The fraction of sp³-hybridized carbons (Fsp3) is 0.667. The monoisotopic (exact) mass is 390 g/mol. The van der Waals surface area contributed by atoms with E-state index < -0.39 is 0 Å². The third-order valence-corrected chi connectivity index (χ3v) is 5.92. The number of aryl methyl sites for hydroxylation is 1. The van der Waals surface area contributed by atoms with Crippen molar-refractivity contribution in [2.75, 3.05) is 19.0 Å². The van der Waals surface area contributed by atoms with Crippen LogP contribution >= 0.6 is 11.3 Å². The van der Waals surface area contributed by atoms with E-state index in [9.17, 15) is 0 Å². The van der Waals surface area contributed by atoms with E-state index in [2.05, 4.69) is 31.2 Å². The van der Waals surface area contributed by atoms with Crippen molar-refractivity contribution in [2.24, 2.45) is 12.0 Å². The average molecular weight is 391 g/mol. The Hall–Kier alpha value is -2.16. The van der Waals surface area contributed by atoms with Gasteiger partial charge in [0.15, 0.2) is 16.9 Å². The molecule has 0 aliphatic heterocycles. The van der Waals surface area contributed by atoms with Crippen LogP contribution in [0, 0.1) is 6.92 Å². The van der Waals surface area contributed by atoms with Gasteiger partial charge in [-0.1, -0.05) is 19.3 Å². The summed E-state index contributed by atoms with van der Waals surface area (Å²) in [6, 6.07) is 0.485. The fourth-order valence-corrected chi connectivity index (χ4v) is 3.84. The molecule has 148 valence electrons. The molecule has 0 saturated heterocycles. The zero-order valence-corrected chi connectivity index (χ0v) is 17.5. The molecule has 2 N–H and O–H groups in total. The molecule has 1 fully saturated rings. The summed E-state index contributed by atoms with van der Waals surface area (Å²) in [6.07, 6.45) is 6.30. The first-order valence-corrected chi connectivity index (χ1v) is 10.4. The Balaban J connectivity index is 1.66. The summed E-state index contributed by atoms with van der Waals surface area (Å²) in [4.78, 5) is 11.4. The third-order valence-electron chi connectivity index (χ3n) is 4.86. The van der Waals surface area contributed by atoms with Gasteiger partial charge in [-0.2, -0.15) is 0 Å². The second-order valence-electron chi connectivity index (χ2n) is 7.24. The van der Waals surface area contributed by atoms with Gasteiger partial charge in [0.1, 0.15) is 5.82 Å². The van der Waals surface area contributed by atoms with Gasteiger partial charge >= 0.3 is 0 Å². The highest BCUT2D eigenvalue weighted by Gasteiger charge is 2.15. The van der Waals surface area contributed by atoms with Gasteiger partial charge in [0, 0.05) is 32.6 Å². The van der Waals surface area contributed by atoms with Crippen molar-refractivity contribution in [3.63, 3.8) is 0 Å². The molecule has 27 heavy (non-hydrogen) atoms. The van der Waals surface area contributed by atoms with Crippen LogP contribution in [0.25, 0.3) is 0 Å². The Morgan fingerprint density at radius 2 is 2.07 bits per heavy atom. The number of nitrogens with zero attached hydrogens (tertiary/aromatic N) is 6. The van der Waals surface area contributed by atoms with E-state index >= 15 is 0 Å². The lowest BCUT2D eigenvalue weighted by atomic mass is 9.96. The Bertz CT molecular complexity index is 757. The standard InChI is InChI=1S/C18H30N8S/c1-13-23-24-16(26(13)4)11-20-17(21-14-8-6-5-7-9-14)19-10-15-12-27-18(22-15)25(2)3/h12,14H,5-11H2,1-4H3,(H2,19,20,21). The molecule has 2 aromatic heterocycles. The van der Waals surface area contributed by atoms with Gasteiger partial charge in [-0.05, 0) is 19.8 Å². The highest BCUT2D eigenvalue weighted by Crippen LogP contribution is 2.19. The summed E-state index contributed by atoms with van der Waals surface area (Å²) in [7, 11) is 5.99. The smallest absolute Gasteiger partial charge is 0.192 e. The van der Waals surface area contributed by atoms with E-state index in [0.29, 0.717) is 19.1 Å². The normalized spacial score (nSPS) is 15.8. The maximum atomic E-state index is 4.77. The van der Waals surface area contributed by atoms with Crippen molar-refractivity contribution in [2.45, 2.75) is 58.2 Å². The number of nitrogens with one attached hydrogen (secondary N) is 2. The number of thiazole rings is 1. The van der Waals surface area contributed by atoms with Crippen LogP contribution in [0.4, 0.5) is 5.13 Å². The number of aromatic nitrogens is 4. The van der Waals surface area contributed by atoms with E-state index in [1.54, 1.807) is 11.3 Å². The van der Waals surface area contributed by atoms with E-state index in [4.69, 9.17) is 4.99 Å². The van der Waals surface area contributed by atoms with Crippen molar-refractivity contribution in [1.29, 1.82) is 0 Å². The first kappa shape index (κ1) is 19.6. The van der Waals surface area contributed by atoms with Crippen molar-refractivity contribution >= 4 is 22.4 Å².